The van der Waals surface area contributed by atoms with Gasteiger partial charge in [0, 0.05) is 17.2 Å². The largest absolute Gasteiger partial charge is 0.854 e. The summed E-state index contributed by atoms with van der Waals surface area (Å²) in [4.78, 5) is 0. The monoisotopic (exact) mass is 288 g/mol. The molecule has 0 aliphatic carbocycles. The van der Waals surface area contributed by atoms with E-state index in [1.54, 1.807) is 16.8 Å². The normalized spacial score (nSPS) is 11.4. The van der Waals surface area contributed by atoms with E-state index in [0.717, 1.165) is 16.8 Å². The molecule has 0 amide bonds. The summed E-state index contributed by atoms with van der Waals surface area (Å²) < 4.78 is 1.65. The molecule has 0 saturated heterocycles. The fourth-order valence-corrected chi connectivity index (χ4v) is 2.25. The molecule has 0 aliphatic rings. The molecule has 3 heteroatoms. The van der Waals surface area contributed by atoms with Crippen LogP contribution in [0, 0.1) is 6.92 Å². The third kappa shape index (κ3) is 3.04. The number of benzene rings is 2. The van der Waals surface area contributed by atoms with Gasteiger partial charge in [-0.2, -0.15) is 0 Å². The number of aryl methyl sites for hydroxylation is 1. The van der Waals surface area contributed by atoms with Crippen molar-refractivity contribution in [3.05, 3.63) is 90.1 Å². The fraction of sp³-hybridized carbons (Fsp3) is 0.0526. The number of hydrogen-bond donors (Lipinski definition) is 0. The van der Waals surface area contributed by atoms with Crippen LogP contribution < -0.4 is 9.78 Å². The Bertz CT molecular complexity index is 796. The van der Waals surface area contributed by atoms with Crippen molar-refractivity contribution in [3.63, 3.8) is 0 Å². The van der Waals surface area contributed by atoms with Crippen LogP contribution in [0.4, 0.5) is 0 Å². The molecule has 0 bridgehead atoms. The molecular formula is C19H16N2O. The molecule has 0 fully saturated rings. The van der Waals surface area contributed by atoms with Crippen molar-refractivity contribution < 1.29 is 9.78 Å². The summed E-state index contributed by atoms with van der Waals surface area (Å²) in [5, 5.41) is 16.6. The topological polar surface area (TPSA) is 39.3 Å². The van der Waals surface area contributed by atoms with E-state index < -0.39 is 0 Å². The number of nitrogens with zero attached hydrogens (tertiary/aromatic N) is 2. The molecule has 0 N–H and O–H groups in total. The molecule has 1 aromatic heterocycles. The summed E-state index contributed by atoms with van der Waals surface area (Å²) in [6.07, 6.45) is 1.86. The first kappa shape index (κ1) is 14.0. The van der Waals surface area contributed by atoms with Gasteiger partial charge in [0.1, 0.15) is 0 Å². The summed E-state index contributed by atoms with van der Waals surface area (Å²) in [6.45, 7) is 1.98. The van der Waals surface area contributed by atoms with Crippen molar-refractivity contribution in [2.75, 3.05) is 0 Å². The van der Waals surface area contributed by atoms with E-state index in [-0.39, 0.29) is 5.90 Å². The zero-order chi connectivity index (χ0) is 15.4. The second kappa shape index (κ2) is 6.22. The molecule has 22 heavy (non-hydrogen) atoms. The Kier molecular flexibility index (Phi) is 3.97. The van der Waals surface area contributed by atoms with Gasteiger partial charge < -0.3 is 5.11 Å². The molecule has 0 radical (unpaired) electrons. The Morgan fingerprint density at radius 1 is 0.864 bits per heavy atom. The Labute approximate surface area is 129 Å². The van der Waals surface area contributed by atoms with Gasteiger partial charge in [-0.05, 0) is 35.8 Å². The van der Waals surface area contributed by atoms with Crippen molar-refractivity contribution in [2.24, 2.45) is 5.10 Å². The molecule has 3 rings (SSSR count). The smallest absolute Gasteiger partial charge is 0.245 e. The SMILES string of the molecule is Cc1ccc(-c2ccccc2)[n+](/N=C(\[O-])c2ccccc2)c1. The van der Waals surface area contributed by atoms with Crippen molar-refractivity contribution >= 4 is 5.90 Å². The molecule has 1 heterocycles. The quantitative estimate of drug-likeness (QED) is 0.415. The summed E-state index contributed by atoms with van der Waals surface area (Å²) in [5.41, 5.74) is 3.53. The second-order valence-corrected chi connectivity index (χ2v) is 5.07. The highest BCUT2D eigenvalue weighted by atomic mass is 16.3. The molecule has 0 unspecified atom stereocenters. The highest BCUT2D eigenvalue weighted by Crippen LogP contribution is 2.15. The van der Waals surface area contributed by atoms with Crippen LogP contribution in [0.1, 0.15) is 11.1 Å². The third-order valence-corrected chi connectivity index (χ3v) is 3.37. The van der Waals surface area contributed by atoms with Crippen LogP contribution in [0.25, 0.3) is 11.3 Å². The number of aromatic nitrogens is 1. The first-order chi connectivity index (χ1) is 10.7. The summed E-state index contributed by atoms with van der Waals surface area (Å²) in [6, 6.07) is 23.0. The van der Waals surface area contributed by atoms with Crippen LogP contribution in [-0.4, -0.2) is 5.90 Å². The third-order valence-electron chi connectivity index (χ3n) is 3.37. The predicted molar refractivity (Wildman–Crippen MR) is 85.2 cm³/mol. The highest BCUT2D eigenvalue weighted by molar-refractivity contribution is 5.89. The Hall–Kier alpha value is -2.94. The predicted octanol–water partition coefficient (Wildman–Crippen LogP) is 2.52. The maximum atomic E-state index is 12.3. The Balaban J connectivity index is 2.09. The molecule has 3 aromatic rings. The van der Waals surface area contributed by atoms with Gasteiger partial charge in [-0.3, -0.25) is 0 Å². The zero-order valence-corrected chi connectivity index (χ0v) is 12.3. The Morgan fingerprint density at radius 2 is 1.50 bits per heavy atom. The second-order valence-electron chi connectivity index (χ2n) is 5.07. The number of rotatable bonds is 3. The first-order valence-corrected chi connectivity index (χ1v) is 7.13. The molecule has 3 nitrogen and oxygen atoms in total. The Morgan fingerprint density at radius 3 is 2.18 bits per heavy atom. The van der Waals surface area contributed by atoms with Gasteiger partial charge in [0.05, 0.1) is 5.90 Å². The highest BCUT2D eigenvalue weighted by Gasteiger charge is 2.13. The van der Waals surface area contributed by atoms with Crippen molar-refractivity contribution in [1.29, 1.82) is 0 Å². The van der Waals surface area contributed by atoms with Crippen LogP contribution in [0.2, 0.25) is 0 Å². The van der Waals surface area contributed by atoms with E-state index in [1.165, 1.54) is 0 Å². The van der Waals surface area contributed by atoms with Crippen molar-refractivity contribution in [1.82, 2.24) is 0 Å². The first-order valence-electron chi connectivity index (χ1n) is 7.13. The summed E-state index contributed by atoms with van der Waals surface area (Å²) in [7, 11) is 0. The molecule has 0 saturated carbocycles. The lowest BCUT2D eigenvalue weighted by atomic mass is 10.1. The van der Waals surface area contributed by atoms with Gasteiger partial charge in [0.25, 0.3) is 0 Å². The minimum atomic E-state index is -0.256. The van der Waals surface area contributed by atoms with E-state index in [4.69, 9.17) is 0 Å². The van der Waals surface area contributed by atoms with Gasteiger partial charge in [0.15, 0.2) is 0 Å². The average molecular weight is 288 g/mol. The van der Waals surface area contributed by atoms with Gasteiger partial charge in [-0.1, -0.05) is 53.2 Å². The maximum Gasteiger partial charge on any atom is 0.245 e. The molecule has 2 aromatic carbocycles. The molecule has 0 aliphatic heterocycles. The zero-order valence-electron chi connectivity index (χ0n) is 12.3. The lowest BCUT2D eigenvalue weighted by molar-refractivity contribution is -0.670. The van der Waals surface area contributed by atoms with Crippen molar-refractivity contribution in [3.8, 4) is 11.3 Å². The van der Waals surface area contributed by atoms with Crippen LogP contribution in [0.15, 0.2) is 84.1 Å². The van der Waals surface area contributed by atoms with E-state index in [2.05, 4.69) is 5.10 Å². The molecule has 0 spiro atoms. The number of hydrogen-bond acceptors (Lipinski definition) is 2. The van der Waals surface area contributed by atoms with Crippen LogP contribution >= 0.6 is 0 Å². The van der Waals surface area contributed by atoms with Crippen molar-refractivity contribution in [2.45, 2.75) is 6.92 Å². The average Bonchev–Trinajstić information content (AvgIpc) is 2.56. The van der Waals surface area contributed by atoms with Gasteiger partial charge in [0.2, 0.25) is 11.9 Å². The minimum Gasteiger partial charge on any atom is -0.854 e. The van der Waals surface area contributed by atoms with Gasteiger partial charge in [-0.15, -0.1) is 0 Å². The number of pyridine rings is 1. The lowest BCUT2D eigenvalue weighted by Crippen LogP contribution is -2.36. The lowest BCUT2D eigenvalue weighted by Gasteiger charge is -2.07. The van der Waals surface area contributed by atoms with Gasteiger partial charge >= 0.3 is 0 Å². The van der Waals surface area contributed by atoms with Gasteiger partial charge in [-0.25, -0.2) is 0 Å². The van der Waals surface area contributed by atoms with Crippen LogP contribution in [0.5, 0.6) is 0 Å². The van der Waals surface area contributed by atoms with E-state index in [1.807, 2.05) is 73.8 Å². The van der Waals surface area contributed by atoms with Crippen LogP contribution in [0.3, 0.4) is 0 Å². The summed E-state index contributed by atoms with van der Waals surface area (Å²) in [5.74, 6) is -0.256. The van der Waals surface area contributed by atoms with E-state index in [0.29, 0.717) is 5.56 Å². The summed E-state index contributed by atoms with van der Waals surface area (Å²) >= 11 is 0. The standard InChI is InChI=1S/C19H16N2O/c1-15-12-13-18(16-8-4-2-5-9-16)21(14-15)20-19(22)17-10-6-3-7-11-17/h2-14H,1H3. The van der Waals surface area contributed by atoms with Crippen LogP contribution in [-0.2, 0) is 0 Å². The minimum absolute atomic E-state index is 0.256. The maximum absolute atomic E-state index is 12.3. The molecule has 0 atom stereocenters. The fourth-order valence-electron chi connectivity index (χ4n) is 2.25. The molecule has 108 valence electrons. The van der Waals surface area contributed by atoms with E-state index >= 15 is 0 Å². The molecular weight excluding hydrogens is 272 g/mol. The van der Waals surface area contributed by atoms with E-state index in [9.17, 15) is 5.11 Å².